The Kier molecular flexibility index (Phi) is 5.57. The van der Waals surface area contributed by atoms with Crippen LogP contribution in [-0.2, 0) is 11.3 Å². The van der Waals surface area contributed by atoms with Gasteiger partial charge in [-0.2, -0.15) is 4.98 Å². The van der Waals surface area contributed by atoms with Gasteiger partial charge in [0.2, 0.25) is 6.39 Å². The van der Waals surface area contributed by atoms with E-state index in [2.05, 4.69) is 25.3 Å². The Hall–Kier alpha value is -1.63. The van der Waals surface area contributed by atoms with Crippen LogP contribution in [0.4, 0.5) is 4.79 Å². The Morgan fingerprint density at radius 2 is 2.22 bits per heavy atom. The lowest BCUT2D eigenvalue weighted by molar-refractivity contribution is 0.0527. The van der Waals surface area contributed by atoms with Crippen molar-refractivity contribution in [2.45, 2.75) is 39.3 Å². The molecule has 7 heteroatoms. The number of hydrogen-bond acceptors (Lipinski definition) is 6. The van der Waals surface area contributed by atoms with E-state index in [-0.39, 0.29) is 6.09 Å². The molecule has 102 valence electrons. The number of amides is 1. The fourth-order valence-electron chi connectivity index (χ4n) is 1.19. The molecule has 0 fully saturated rings. The molecule has 0 spiro atoms. The number of ether oxygens (including phenoxy) is 1. The zero-order valence-corrected chi connectivity index (χ0v) is 11.0. The van der Waals surface area contributed by atoms with Crippen molar-refractivity contribution in [2.24, 2.45) is 0 Å². The van der Waals surface area contributed by atoms with E-state index in [1.165, 1.54) is 6.39 Å². The van der Waals surface area contributed by atoms with Crippen molar-refractivity contribution < 1.29 is 14.1 Å². The van der Waals surface area contributed by atoms with Crippen LogP contribution in [0.1, 0.15) is 33.0 Å². The summed E-state index contributed by atoms with van der Waals surface area (Å²) < 4.78 is 9.70. The first-order chi connectivity index (χ1) is 8.47. The lowest BCUT2D eigenvalue weighted by Crippen LogP contribution is -2.33. The number of carbonyl (C=O) groups excluding carboxylic acids is 1. The Labute approximate surface area is 106 Å². The van der Waals surface area contributed by atoms with Gasteiger partial charge in [0.25, 0.3) is 0 Å². The van der Waals surface area contributed by atoms with E-state index < -0.39 is 5.60 Å². The van der Waals surface area contributed by atoms with Crippen LogP contribution in [0.3, 0.4) is 0 Å². The normalized spacial score (nSPS) is 11.3. The highest BCUT2D eigenvalue weighted by molar-refractivity contribution is 5.67. The third-order valence-corrected chi connectivity index (χ3v) is 1.89. The molecule has 0 aliphatic heterocycles. The van der Waals surface area contributed by atoms with E-state index in [9.17, 15) is 4.79 Å². The van der Waals surface area contributed by atoms with Crippen LogP contribution in [0, 0.1) is 0 Å². The molecule has 0 bridgehead atoms. The molecule has 1 amide bonds. The summed E-state index contributed by atoms with van der Waals surface area (Å²) in [6, 6.07) is 0. The number of nitrogens with one attached hydrogen (secondary N) is 2. The van der Waals surface area contributed by atoms with Crippen molar-refractivity contribution in [1.29, 1.82) is 0 Å². The van der Waals surface area contributed by atoms with Gasteiger partial charge >= 0.3 is 6.09 Å². The summed E-state index contributed by atoms with van der Waals surface area (Å²) in [5.74, 6) is 0.620. The zero-order valence-electron chi connectivity index (χ0n) is 11.0. The maximum atomic E-state index is 11.3. The Morgan fingerprint density at radius 1 is 1.44 bits per heavy atom. The summed E-state index contributed by atoms with van der Waals surface area (Å²) >= 11 is 0. The van der Waals surface area contributed by atoms with Crippen LogP contribution in [0.15, 0.2) is 10.9 Å². The second-order valence-corrected chi connectivity index (χ2v) is 4.81. The first-order valence-corrected chi connectivity index (χ1v) is 5.90. The Balaban J connectivity index is 1.97. The molecular formula is C11H20N4O3. The predicted octanol–water partition coefficient (Wildman–Crippen LogP) is 1.07. The molecule has 18 heavy (non-hydrogen) atoms. The van der Waals surface area contributed by atoms with Crippen molar-refractivity contribution in [2.75, 3.05) is 13.1 Å². The van der Waals surface area contributed by atoms with E-state index in [0.717, 1.165) is 13.0 Å². The molecular weight excluding hydrogens is 236 g/mol. The molecule has 1 aromatic heterocycles. The standard InChI is InChI=1S/C11H20N4O3/c1-11(2,3)18-10(16)13-6-4-5-12-7-9-14-8-17-15-9/h8,12H,4-7H2,1-3H3,(H,13,16). The van der Waals surface area contributed by atoms with E-state index in [0.29, 0.717) is 18.9 Å². The van der Waals surface area contributed by atoms with Gasteiger partial charge in [-0.3, -0.25) is 0 Å². The van der Waals surface area contributed by atoms with Gasteiger partial charge < -0.3 is 19.9 Å². The van der Waals surface area contributed by atoms with Crippen molar-refractivity contribution in [3.05, 3.63) is 12.2 Å². The topological polar surface area (TPSA) is 89.3 Å². The summed E-state index contributed by atoms with van der Waals surface area (Å²) in [4.78, 5) is 15.2. The summed E-state index contributed by atoms with van der Waals surface area (Å²) in [6.07, 6.45) is 1.71. The second kappa shape index (κ2) is 6.95. The minimum absolute atomic E-state index is 0.388. The summed E-state index contributed by atoms with van der Waals surface area (Å²) in [7, 11) is 0. The largest absolute Gasteiger partial charge is 0.444 e. The molecule has 0 saturated heterocycles. The van der Waals surface area contributed by atoms with Crippen LogP contribution in [0.25, 0.3) is 0 Å². The van der Waals surface area contributed by atoms with Crippen LogP contribution in [0.5, 0.6) is 0 Å². The highest BCUT2D eigenvalue weighted by atomic mass is 16.6. The number of hydrogen-bond donors (Lipinski definition) is 2. The number of alkyl carbamates (subject to hydrolysis) is 1. The van der Waals surface area contributed by atoms with E-state index in [1.807, 2.05) is 20.8 Å². The molecule has 1 aromatic rings. The van der Waals surface area contributed by atoms with E-state index in [1.54, 1.807) is 0 Å². The van der Waals surface area contributed by atoms with Crippen molar-refractivity contribution in [3.8, 4) is 0 Å². The van der Waals surface area contributed by atoms with Gasteiger partial charge in [0.15, 0.2) is 5.82 Å². The fourth-order valence-corrected chi connectivity index (χ4v) is 1.19. The van der Waals surface area contributed by atoms with Gasteiger partial charge in [0.05, 0.1) is 6.54 Å². The Bertz CT molecular complexity index is 346. The highest BCUT2D eigenvalue weighted by Gasteiger charge is 2.15. The molecule has 0 atom stereocenters. The van der Waals surface area contributed by atoms with Gasteiger partial charge in [-0.15, -0.1) is 0 Å². The highest BCUT2D eigenvalue weighted by Crippen LogP contribution is 2.06. The molecule has 7 nitrogen and oxygen atoms in total. The zero-order chi connectivity index (χ0) is 13.4. The van der Waals surface area contributed by atoms with Crippen molar-refractivity contribution in [1.82, 2.24) is 20.8 Å². The van der Waals surface area contributed by atoms with Crippen LogP contribution >= 0.6 is 0 Å². The predicted molar refractivity (Wildman–Crippen MR) is 64.9 cm³/mol. The lowest BCUT2D eigenvalue weighted by atomic mass is 10.2. The van der Waals surface area contributed by atoms with Gasteiger partial charge in [0, 0.05) is 6.54 Å². The average Bonchev–Trinajstić information content (AvgIpc) is 2.73. The SMILES string of the molecule is CC(C)(C)OC(=O)NCCCNCc1ncon1. The summed E-state index contributed by atoms with van der Waals surface area (Å²) in [5.41, 5.74) is -0.457. The van der Waals surface area contributed by atoms with Crippen LogP contribution in [-0.4, -0.2) is 34.9 Å². The van der Waals surface area contributed by atoms with Gasteiger partial charge in [-0.05, 0) is 33.7 Å². The third-order valence-electron chi connectivity index (χ3n) is 1.89. The molecule has 1 rings (SSSR count). The van der Waals surface area contributed by atoms with Gasteiger partial charge in [-0.25, -0.2) is 4.79 Å². The average molecular weight is 256 g/mol. The summed E-state index contributed by atoms with van der Waals surface area (Å²) in [5, 5.41) is 9.48. The maximum Gasteiger partial charge on any atom is 0.407 e. The first kappa shape index (κ1) is 14.4. The minimum Gasteiger partial charge on any atom is -0.444 e. The second-order valence-electron chi connectivity index (χ2n) is 4.81. The quantitative estimate of drug-likeness (QED) is 0.740. The van der Waals surface area contributed by atoms with Crippen LogP contribution < -0.4 is 10.6 Å². The lowest BCUT2D eigenvalue weighted by Gasteiger charge is -2.19. The molecule has 0 aromatic carbocycles. The van der Waals surface area contributed by atoms with Gasteiger partial charge in [0.1, 0.15) is 5.60 Å². The minimum atomic E-state index is -0.457. The summed E-state index contributed by atoms with van der Waals surface area (Å²) in [6.45, 7) is 7.37. The number of carbonyl (C=O) groups is 1. The molecule has 0 radical (unpaired) electrons. The smallest absolute Gasteiger partial charge is 0.407 e. The van der Waals surface area contributed by atoms with E-state index >= 15 is 0 Å². The number of rotatable bonds is 6. The number of nitrogens with zero attached hydrogens (tertiary/aromatic N) is 2. The number of aromatic nitrogens is 2. The van der Waals surface area contributed by atoms with Crippen LogP contribution in [0.2, 0.25) is 0 Å². The Morgan fingerprint density at radius 3 is 2.83 bits per heavy atom. The molecule has 2 N–H and O–H groups in total. The molecule has 0 saturated carbocycles. The molecule has 0 aliphatic carbocycles. The first-order valence-electron chi connectivity index (χ1n) is 5.90. The molecule has 1 heterocycles. The monoisotopic (exact) mass is 256 g/mol. The molecule has 0 unspecified atom stereocenters. The van der Waals surface area contributed by atoms with Gasteiger partial charge in [-0.1, -0.05) is 5.16 Å². The van der Waals surface area contributed by atoms with E-state index in [4.69, 9.17) is 4.74 Å². The fraction of sp³-hybridized carbons (Fsp3) is 0.727. The van der Waals surface area contributed by atoms with Crippen molar-refractivity contribution >= 4 is 6.09 Å². The van der Waals surface area contributed by atoms with Crippen molar-refractivity contribution in [3.63, 3.8) is 0 Å². The third kappa shape index (κ3) is 6.85. The molecule has 0 aliphatic rings. The maximum absolute atomic E-state index is 11.3.